The highest BCUT2D eigenvalue weighted by atomic mass is 16.5. The zero-order valence-electron chi connectivity index (χ0n) is 16.4. The van der Waals surface area contributed by atoms with Crippen LogP contribution < -0.4 is 19.3 Å². The van der Waals surface area contributed by atoms with Crippen LogP contribution in [-0.2, 0) is 11.2 Å². The Kier molecular flexibility index (Phi) is 5.31. The van der Waals surface area contributed by atoms with Crippen molar-refractivity contribution in [1.82, 2.24) is 0 Å². The first kappa shape index (κ1) is 19.1. The van der Waals surface area contributed by atoms with Gasteiger partial charge in [-0.1, -0.05) is 13.8 Å². The van der Waals surface area contributed by atoms with Crippen LogP contribution in [-0.4, -0.2) is 19.2 Å². The second-order valence-corrected chi connectivity index (χ2v) is 7.30. The van der Waals surface area contributed by atoms with E-state index in [0.717, 1.165) is 45.3 Å². The van der Waals surface area contributed by atoms with Crippen molar-refractivity contribution >= 4 is 5.97 Å². The monoisotopic (exact) mass is 369 g/mol. The van der Waals surface area contributed by atoms with Crippen molar-refractivity contribution in [3.63, 3.8) is 0 Å². The summed E-state index contributed by atoms with van der Waals surface area (Å²) in [7, 11) is 1.67. The van der Waals surface area contributed by atoms with Gasteiger partial charge in [0.2, 0.25) is 0 Å². The molecule has 2 aromatic rings. The average molecular weight is 369 g/mol. The number of carboxylic acid groups (broad SMARTS) is 1. The molecule has 1 aliphatic heterocycles. The minimum Gasteiger partial charge on any atom is -0.550 e. The normalized spacial score (nSPS) is 15.4. The standard InChI is InChI=1S/C22H26O5/c1-12(2)17-9-15(6-7-19(17)25-5)27-22-13(3)8-20-18(14(22)4)10-16(26-20)11-21(23)24/h6-9,12,16H,10-11H2,1-5H3,(H,23,24)/p-1. The first-order valence-electron chi connectivity index (χ1n) is 9.15. The third kappa shape index (κ3) is 3.87. The fourth-order valence-electron chi connectivity index (χ4n) is 3.58. The van der Waals surface area contributed by atoms with Crippen molar-refractivity contribution < 1.29 is 24.1 Å². The van der Waals surface area contributed by atoms with Gasteiger partial charge in [0.1, 0.15) is 29.1 Å². The molecule has 0 spiro atoms. The zero-order chi connectivity index (χ0) is 19.7. The summed E-state index contributed by atoms with van der Waals surface area (Å²) in [6.45, 7) is 8.17. The summed E-state index contributed by atoms with van der Waals surface area (Å²) in [5.41, 5.74) is 4.01. The molecule has 0 N–H and O–H groups in total. The first-order valence-corrected chi connectivity index (χ1v) is 9.15. The van der Waals surface area contributed by atoms with Gasteiger partial charge in [-0.3, -0.25) is 0 Å². The third-order valence-electron chi connectivity index (χ3n) is 4.96. The molecule has 1 aliphatic rings. The van der Waals surface area contributed by atoms with Gasteiger partial charge in [0, 0.05) is 29.9 Å². The van der Waals surface area contributed by atoms with Crippen LogP contribution in [0.1, 0.15) is 48.4 Å². The van der Waals surface area contributed by atoms with Crippen molar-refractivity contribution in [3.8, 4) is 23.0 Å². The Hall–Kier alpha value is -2.69. The fraction of sp³-hybridized carbons (Fsp3) is 0.409. The Morgan fingerprint density at radius 3 is 2.67 bits per heavy atom. The van der Waals surface area contributed by atoms with E-state index in [4.69, 9.17) is 14.2 Å². The van der Waals surface area contributed by atoms with Gasteiger partial charge in [-0.25, -0.2) is 0 Å². The number of fused-ring (bicyclic) bond motifs is 1. The number of ether oxygens (including phenoxy) is 3. The number of aryl methyl sites for hydroxylation is 1. The molecule has 5 nitrogen and oxygen atoms in total. The van der Waals surface area contributed by atoms with Crippen molar-refractivity contribution in [1.29, 1.82) is 0 Å². The maximum atomic E-state index is 10.9. The van der Waals surface area contributed by atoms with Crippen molar-refractivity contribution in [2.24, 2.45) is 0 Å². The maximum Gasteiger partial charge on any atom is 0.133 e. The van der Waals surface area contributed by atoms with E-state index in [2.05, 4.69) is 13.8 Å². The van der Waals surface area contributed by atoms with Gasteiger partial charge in [0.05, 0.1) is 7.11 Å². The Morgan fingerprint density at radius 2 is 2.04 bits per heavy atom. The second kappa shape index (κ2) is 7.51. The molecule has 144 valence electrons. The Bertz CT molecular complexity index is 869. The molecule has 3 rings (SSSR count). The number of carboxylic acids is 1. The van der Waals surface area contributed by atoms with Crippen LogP contribution in [0.4, 0.5) is 0 Å². The molecule has 2 aromatic carbocycles. The molecule has 5 heteroatoms. The van der Waals surface area contributed by atoms with Crippen molar-refractivity contribution in [2.45, 2.75) is 52.6 Å². The molecular formula is C22H25O5-. The number of rotatable bonds is 6. The molecule has 27 heavy (non-hydrogen) atoms. The molecule has 0 aromatic heterocycles. The summed E-state index contributed by atoms with van der Waals surface area (Å²) in [6, 6.07) is 7.73. The summed E-state index contributed by atoms with van der Waals surface area (Å²) < 4.78 is 17.4. The smallest absolute Gasteiger partial charge is 0.133 e. The molecular weight excluding hydrogens is 344 g/mol. The Labute approximate surface area is 159 Å². The highest BCUT2D eigenvalue weighted by molar-refractivity contribution is 5.66. The van der Waals surface area contributed by atoms with Gasteiger partial charge in [-0.2, -0.15) is 0 Å². The second-order valence-electron chi connectivity index (χ2n) is 7.30. The van der Waals surface area contributed by atoms with E-state index in [0.29, 0.717) is 12.3 Å². The van der Waals surface area contributed by atoms with E-state index in [1.165, 1.54) is 0 Å². The molecule has 0 fully saturated rings. The van der Waals surface area contributed by atoms with Crippen LogP contribution in [0.15, 0.2) is 24.3 Å². The maximum absolute atomic E-state index is 10.9. The molecule has 1 heterocycles. The van der Waals surface area contributed by atoms with Crippen LogP contribution in [0, 0.1) is 13.8 Å². The zero-order valence-corrected chi connectivity index (χ0v) is 16.4. The number of benzene rings is 2. The van der Waals surface area contributed by atoms with E-state index < -0.39 is 5.97 Å². The highest BCUT2D eigenvalue weighted by Gasteiger charge is 2.27. The Morgan fingerprint density at radius 1 is 1.30 bits per heavy atom. The number of carbonyl (C=O) groups excluding carboxylic acids is 1. The Balaban J connectivity index is 1.91. The van der Waals surface area contributed by atoms with Gasteiger partial charge < -0.3 is 24.1 Å². The molecule has 0 aliphatic carbocycles. The lowest BCUT2D eigenvalue weighted by Crippen LogP contribution is -2.29. The third-order valence-corrected chi connectivity index (χ3v) is 4.96. The van der Waals surface area contributed by atoms with E-state index in [9.17, 15) is 9.90 Å². The number of hydrogen-bond donors (Lipinski definition) is 0. The predicted octanol–water partition coefficient (Wildman–Crippen LogP) is 3.67. The van der Waals surface area contributed by atoms with Crippen LogP contribution in [0.2, 0.25) is 0 Å². The highest BCUT2D eigenvalue weighted by Crippen LogP contribution is 2.41. The molecule has 0 saturated heterocycles. The number of carbonyl (C=O) groups is 1. The van der Waals surface area contributed by atoms with Crippen molar-refractivity contribution in [2.75, 3.05) is 7.11 Å². The summed E-state index contributed by atoms with van der Waals surface area (Å²) in [5.74, 6) is 2.32. The number of hydrogen-bond acceptors (Lipinski definition) is 5. The fourth-order valence-corrected chi connectivity index (χ4v) is 3.58. The molecule has 1 unspecified atom stereocenters. The van der Waals surface area contributed by atoms with Crippen LogP contribution >= 0.6 is 0 Å². The van der Waals surface area contributed by atoms with Crippen molar-refractivity contribution in [3.05, 3.63) is 46.5 Å². The van der Waals surface area contributed by atoms with Gasteiger partial charge in [-0.05, 0) is 55.2 Å². The van der Waals surface area contributed by atoms with E-state index in [1.807, 2.05) is 38.1 Å². The lowest BCUT2D eigenvalue weighted by atomic mass is 9.99. The minimum atomic E-state index is -1.10. The SMILES string of the molecule is COc1ccc(Oc2c(C)cc3c(c2C)CC(CC(=O)[O-])O3)cc1C(C)C. The molecule has 0 saturated carbocycles. The average Bonchev–Trinajstić information content (AvgIpc) is 3.00. The summed E-state index contributed by atoms with van der Waals surface area (Å²) in [6.07, 6.45) is 0.0532. The van der Waals surface area contributed by atoms with Gasteiger partial charge >= 0.3 is 0 Å². The molecule has 0 radical (unpaired) electrons. The number of aliphatic carboxylic acids is 1. The summed E-state index contributed by atoms with van der Waals surface area (Å²) >= 11 is 0. The molecule has 0 bridgehead atoms. The van der Waals surface area contributed by atoms with Gasteiger partial charge in [0.15, 0.2) is 0 Å². The van der Waals surface area contributed by atoms with Gasteiger partial charge in [-0.15, -0.1) is 0 Å². The molecule has 0 amide bonds. The first-order chi connectivity index (χ1) is 12.8. The molecule has 1 atom stereocenters. The van der Waals surface area contributed by atoms with E-state index >= 15 is 0 Å². The summed E-state index contributed by atoms with van der Waals surface area (Å²) in [5, 5.41) is 10.9. The van der Waals surface area contributed by atoms with Crippen LogP contribution in [0.25, 0.3) is 0 Å². The van der Waals surface area contributed by atoms with E-state index in [1.54, 1.807) is 7.11 Å². The predicted molar refractivity (Wildman–Crippen MR) is 101 cm³/mol. The number of methoxy groups -OCH3 is 1. The quantitative estimate of drug-likeness (QED) is 0.777. The minimum absolute atomic E-state index is 0.112. The van der Waals surface area contributed by atoms with Gasteiger partial charge in [0.25, 0.3) is 0 Å². The van der Waals surface area contributed by atoms with Crippen LogP contribution in [0.5, 0.6) is 23.0 Å². The summed E-state index contributed by atoms with van der Waals surface area (Å²) in [4.78, 5) is 10.9. The van der Waals surface area contributed by atoms with E-state index in [-0.39, 0.29) is 12.5 Å². The largest absolute Gasteiger partial charge is 0.550 e. The lowest BCUT2D eigenvalue weighted by Gasteiger charge is -2.17. The lowest BCUT2D eigenvalue weighted by molar-refractivity contribution is -0.307. The topological polar surface area (TPSA) is 67.8 Å². The van der Waals surface area contributed by atoms with Crippen LogP contribution in [0.3, 0.4) is 0 Å².